The number of carbonyl (C=O) groups excluding carboxylic acids is 1. The van der Waals surface area contributed by atoms with Gasteiger partial charge >= 0.3 is 0 Å². The lowest BCUT2D eigenvalue weighted by molar-refractivity contribution is -0.132. The van der Waals surface area contributed by atoms with E-state index in [0.717, 1.165) is 50.5 Å². The lowest BCUT2D eigenvalue weighted by atomic mass is 9.47. The molecule has 0 aromatic heterocycles. The molecule has 2 unspecified atom stereocenters. The van der Waals surface area contributed by atoms with Gasteiger partial charge in [0.25, 0.3) is 0 Å². The van der Waals surface area contributed by atoms with Crippen molar-refractivity contribution in [3.63, 3.8) is 0 Å². The van der Waals surface area contributed by atoms with Gasteiger partial charge in [-0.05, 0) is 87.7 Å². The van der Waals surface area contributed by atoms with E-state index >= 15 is 0 Å². The van der Waals surface area contributed by atoms with Crippen molar-refractivity contribution in [2.24, 2.45) is 17.3 Å². The molecular weight excluding hydrogens is 436 g/mol. The zero-order chi connectivity index (χ0) is 23.3. The summed E-state index contributed by atoms with van der Waals surface area (Å²) in [7, 11) is -3.55. The highest BCUT2D eigenvalue weighted by molar-refractivity contribution is 7.89. The maximum atomic E-state index is 12.9. The standard InChI is InChI=1S/C25H34N4O3S/c1-18-4-6-22(7-5-18)33(31,32)28-17-24-10-19-9-20(11-24)13-25(12-19,16-24)27-15-23(30)29-8-2-3-21(29)14-26/h4-7,19-21,27-28H,2-3,8-13,15-17H2,1H3/t19?,20?,21-,24?,25?/m0/s1. The van der Waals surface area contributed by atoms with Crippen molar-refractivity contribution in [3.8, 4) is 6.07 Å². The number of nitrogens with one attached hydrogen (secondary N) is 2. The second-order valence-electron chi connectivity index (χ2n) is 11.1. The number of carbonyl (C=O) groups is 1. The zero-order valence-corrected chi connectivity index (χ0v) is 20.2. The van der Waals surface area contributed by atoms with Crippen LogP contribution >= 0.6 is 0 Å². The van der Waals surface area contributed by atoms with Crippen molar-refractivity contribution >= 4 is 15.9 Å². The van der Waals surface area contributed by atoms with Crippen LogP contribution in [0.5, 0.6) is 0 Å². The summed E-state index contributed by atoms with van der Waals surface area (Å²) in [4.78, 5) is 14.9. The number of aryl methyl sites for hydroxylation is 1. The summed E-state index contributed by atoms with van der Waals surface area (Å²) >= 11 is 0. The molecule has 1 amide bonds. The predicted molar refractivity (Wildman–Crippen MR) is 125 cm³/mol. The van der Waals surface area contributed by atoms with Crippen LogP contribution in [0, 0.1) is 35.5 Å². The molecule has 1 aliphatic heterocycles. The van der Waals surface area contributed by atoms with E-state index in [1.54, 1.807) is 17.0 Å². The Morgan fingerprint density at radius 2 is 1.88 bits per heavy atom. The predicted octanol–water partition coefficient (Wildman–Crippen LogP) is 2.72. The smallest absolute Gasteiger partial charge is 0.240 e. The van der Waals surface area contributed by atoms with E-state index in [9.17, 15) is 18.5 Å². The number of amides is 1. The molecule has 3 atom stereocenters. The van der Waals surface area contributed by atoms with Gasteiger partial charge < -0.3 is 10.2 Å². The molecule has 4 bridgehead atoms. The number of nitrogens with zero attached hydrogens (tertiary/aromatic N) is 2. The van der Waals surface area contributed by atoms with Gasteiger partial charge in [-0.25, -0.2) is 13.1 Å². The van der Waals surface area contributed by atoms with E-state index in [-0.39, 0.29) is 29.4 Å². The van der Waals surface area contributed by atoms with E-state index in [2.05, 4.69) is 16.1 Å². The van der Waals surface area contributed by atoms with Crippen LogP contribution in [0.3, 0.4) is 0 Å². The van der Waals surface area contributed by atoms with Crippen molar-refractivity contribution in [1.82, 2.24) is 14.9 Å². The second-order valence-corrected chi connectivity index (χ2v) is 12.9. The Morgan fingerprint density at radius 1 is 1.18 bits per heavy atom. The van der Waals surface area contributed by atoms with Crippen LogP contribution in [0.4, 0.5) is 0 Å². The van der Waals surface area contributed by atoms with Crippen LogP contribution in [-0.2, 0) is 14.8 Å². The first-order chi connectivity index (χ1) is 15.7. The molecule has 4 saturated carbocycles. The van der Waals surface area contributed by atoms with Gasteiger partial charge in [0.2, 0.25) is 15.9 Å². The molecule has 5 aliphatic rings. The highest BCUT2D eigenvalue weighted by atomic mass is 32.2. The number of hydrogen-bond acceptors (Lipinski definition) is 5. The Morgan fingerprint density at radius 3 is 2.55 bits per heavy atom. The van der Waals surface area contributed by atoms with Gasteiger partial charge in [-0.1, -0.05) is 17.7 Å². The minimum absolute atomic E-state index is 0.0175. The number of likely N-dealkylation sites (tertiary alicyclic amines) is 1. The molecule has 2 N–H and O–H groups in total. The highest BCUT2D eigenvalue weighted by Crippen LogP contribution is 2.61. The van der Waals surface area contributed by atoms with Crippen molar-refractivity contribution in [3.05, 3.63) is 29.8 Å². The van der Waals surface area contributed by atoms with E-state index in [4.69, 9.17) is 0 Å². The van der Waals surface area contributed by atoms with Gasteiger partial charge in [-0.3, -0.25) is 4.79 Å². The van der Waals surface area contributed by atoms with Gasteiger partial charge in [0.05, 0.1) is 17.5 Å². The molecule has 7 nitrogen and oxygen atoms in total. The summed E-state index contributed by atoms with van der Waals surface area (Å²) in [5.41, 5.74) is 0.880. The van der Waals surface area contributed by atoms with Gasteiger partial charge in [0.15, 0.2) is 0 Å². The maximum Gasteiger partial charge on any atom is 0.240 e. The minimum atomic E-state index is -3.55. The highest BCUT2D eigenvalue weighted by Gasteiger charge is 2.57. The molecule has 1 aromatic carbocycles. The fraction of sp³-hybridized carbons (Fsp3) is 0.680. The molecule has 1 aromatic rings. The monoisotopic (exact) mass is 470 g/mol. The van der Waals surface area contributed by atoms with Crippen molar-refractivity contribution in [1.29, 1.82) is 5.26 Å². The lowest BCUT2D eigenvalue weighted by Gasteiger charge is -2.62. The average Bonchev–Trinajstić information content (AvgIpc) is 3.25. The Balaban J connectivity index is 1.27. The van der Waals surface area contributed by atoms with Gasteiger partial charge in [-0.2, -0.15) is 5.26 Å². The fourth-order valence-electron chi connectivity index (χ4n) is 7.48. The van der Waals surface area contributed by atoms with Crippen LogP contribution in [0.15, 0.2) is 29.2 Å². The van der Waals surface area contributed by atoms with Gasteiger partial charge in [0.1, 0.15) is 6.04 Å². The Labute approximate surface area is 197 Å². The van der Waals surface area contributed by atoms with Crippen LogP contribution in [0.2, 0.25) is 0 Å². The Kier molecular flexibility index (Phi) is 5.79. The lowest BCUT2D eigenvalue weighted by Crippen LogP contribution is -2.64. The molecule has 6 rings (SSSR count). The summed E-state index contributed by atoms with van der Waals surface area (Å²) in [5, 5.41) is 12.9. The third kappa shape index (κ3) is 4.43. The molecule has 1 heterocycles. The Hall–Kier alpha value is -1.95. The van der Waals surface area contributed by atoms with Crippen molar-refractivity contribution in [2.75, 3.05) is 19.6 Å². The number of rotatable bonds is 7. The third-order valence-electron chi connectivity index (χ3n) is 8.49. The SMILES string of the molecule is Cc1ccc(S(=O)(=O)NCC23CC4CC(C2)CC(NCC(=O)N2CCC[C@H]2C#N)(C4)C3)cc1. The maximum absolute atomic E-state index is 12.9. The summed E-state index contributed by atoms with van der Waals surface area (Å²) in [6, 6.07) is 8.94. The minimum Gasteiger partial charge on any atom is -0.326 e. The van der Waals surface area contributed by atoms with Gasteiger partial charge in [-0.15, -0.1) is 0 Å². The third-order valence-corrected chi connectivity index (χ3v) is 9.90. The van der Waals surface area contributed by atoms with Crippen LogP contribution < -0.4 is 10.0 Å². The summed E-state index contributed by atoms with van der Waals surface area (Å²) in [6.07, 6.45) is 8.01. The van der Waals surface area contributed by atoms with Crippen molar-refractivity contribution < 1.29 is 13.2 Å². The number of sulfonamides is 1. The molecule has 4 aliphatic carbocycles. The molecule has 178 valence electrons. The number of nitriles is 1. The van der Waals surface area contributed by atoms with Crippen LogP contribution in [0.1, 0.15) is 56.9 Å². The Bertz CT molecular complexity index is 1050. The van der Waals surface area contributed by atoms with E-state index < -0.39 is 10.0 Å². The molecule has 1 saturated heterocycles. The van der Waals surface area contributed by atoms with Crippen LogP contribution in [-0.4, -0.2) is 50.4 Å². The van der Waals surface area contributed by atoms with E-state index in [0.29, 0.717) is 29.8 Å². The summed E-state index contributed by atoms with van der Waals surface area (Å²) < 4.78 is 28.8. The molecule has 0 spiro atoms. The molecule has 8 heteroatoms. The first kappa shape index (κ1) is 22.8. The summed E-state index contributed by atoms with van der Waals surface area (Å²) in [5.74, 6) is 1.18. The number of benzene rings is 1. The molecule has 5 fully saturated rings. The first-order valence-electron chi connectivity index (χ1n) is 12.2. The first-order valence-corrected chi connectivity index (χ1v) is 13.7. The fourth-order valence-corrected chi connectivity index (χ4v) is 8.64. The molecular formula is C25H34N4O3S. The second kappa shape index (κ2) is 8.37. The van der Waals surface area contributed by atoms with E-state index in [1.165, 1.54) is 6.42 Å². The summed E-state index contributed by atoms with van der Waals surface area (Å²) in [6.45, 7) is 3.33. The average molecular weight is 471 g/mol. The van der Waals surface area contributed by atoms with E-state index in [1.807, 2.05) is 19.1 Å². The van der Waals surface area contributed by atoms with Gasteiger partial charge in [0, 0.05) is 18.6 Å². The topological polar surface area (TPSA) is 102 Å². The molecule has 0 radical (unpaired) electrons. The number of hydrogen-bond donors (Lipinski definition) is 2. The van der Waals surface area contributed by atoms with Crippen molar-refractivity contribution in [2.45, 2.75) is 74.8 Å². The normalized spacial score (nSPS) is 35.0. The largest absolute Gasteiger partial charge is 0.326 e. The van der Waals surface area contributed by atoms with Crippen LogP contribution in [0.25, 0.3) is 0 Å². The molecule has 33 heavy (non-hydrogen) atoms. The quantitative estimate of drug-likeness (QED) is 0.638. The zero-order valence-electron chi connectivity index (χ0n) is 19.3.